The van der Waals surface area contributed by atoms with Gasteiger partial charge in [0.05, 0.1) is 30.7 Å². The van der Waals surface area contributed by atoms with Gasteiger partial charge in [-0.1, -0.05) is 44.5 Å². The van der Waals surface area contributed by atoms with Crippen LogP contribution in [0.3, 0.4) is 0 Å². The van der Waals surface area contributed by atoms with Gasteiger partial charge >= 0.3 is 5.69 Å². The Bertz CT molecular complexity index is 1350. The van der Waals surface area contributed by atoms with Gasteiger partial charge in [0.1, 0.15) is 11.6 Å². The molecule has 1 aromatic carbocycles. The second kappa shape index (κ2) is 7.86. The first-order valence-corrected chi connectivity index (χ1v) is 11.1. The first-order chi connectivity index (χ1) is 15.3. The molecular formula is C23H25ClN6O2. The number of fused-ring (bicyclic) bond motifs is 3. The molecule has 32 heavy (non-hydrogen) atoms. The first kappa shape index (κ1) is 20.9. The molecule has 8 nitrogen and oxygen atoms in total. The van der Waals surface area contributed by atoms with Crippen molar-refractivity contribution in [1.82, 2.24) is 24.1 Å². The Morgan fingerprint density at radius 3 is 2.50 bits per heavy atom. The topological polar surface area (TPSA) is 77.5 Å². The van der Waals surface area contributed by atoms with E-state index in [-0.39, 0.29) is 11.1 Å². The maximum absolute atomic E-state index is 13.8. The van der Waals surface area contributed by atoms with Crippen molar-refractivity contribution in [3.05, 3.63) is 63.4 Å². The summed E-state index contributed by atoms with van der Waals surface area (Å²) in [5.74, 6) is 1.45. The third-order valence-electron chi connectivity index (χ3n) is 5.74. The first-order valence-electron chi connectivity index (χ1n) is 10.7. The summed E-state index contributed by atoms with van der Waals surface area (Å²) in [5.41, 5.74) is 1.78. The van der Waals surface area contributed by atoms with Crippen LogP contribution in [0.4, 0.5) is 5.82 Å². The highest BCUT2D eigenvalue weighted by Gasteiger charge is 2.25. The van der Waals surface area contributed by atoms with E-state index in [2.05, 4.69) is 15.1 Å². The van der Waals surface area contributed by atoms with E-state index < -0.39 is 0 Å². The highest BCUT2D eigenvalue weighted by atomic mass is 35.5. The smallest absolute Gasteiger partial charge is 0.336 e. The number of benzene rings is 1. The molecule has 0 N–H and O–H groups in total. The number of hydrogen-bond donors (Lipinski definition) is 0. The molecule has 0 radical (unpaired) electrons. The maximum atomic E-state index is 13.8. The van der Waals surface area contributed by atoms with Crippen LogP contribution in [0.1, 0.15) is 32.2 Å². The highest BCUT2D eigenvalue weighted by molar-refractivity contribution is 6.30. The summed E-state index contributed by atoms with van der Waals surface area (Å²) in [6, 6.07) is 9.52. The van der Waals surface area contributed by atoms with Gasteiger partial charge in [0, 0.05) is 35.8 Å². The molecule has 0 atom stereocenters. The molecule has 0 amide bonds. The van der Waals surface area contributed by atoms with Crippen molar-refractivity contribution in [2.45, 2.75) is 32.7 Å². The standard InChI is InChI=1S/C23H25ClN6O2/c1-23(2,3)21-27-26-20-17-13-25-19(28-8-10-32-11-9-28)12-18(17)29(22(31)30(20)21)14-15-4-6-16(24)7-5-15/h4-7,12-13H,8-11,14H2,1-3H3. The molecule has 9 heteroatoms. The molecule has 0 bridgehead atoms. The molecule has 0 aliphatic carbocycles. The quantitative estimate of drug-likeness (QED) is 0.474. The molecule has 4 heterocycles. The Hall–Kier alpha value is -2.97. The van der Waals surface area contributed by atoms with Gasteiger partial charge in [-0.15, -0.1) is 10.2 Å². The summed E-state index contributed by atoms with van der Waals surface area (Å²) in [6.45, 7) is 9.33. The highest BCUT2D eigenvalue weighted by Crippen LogP contribution is 2.26. The Kier molecular flexibility index (Phi) is 5.14. The SMILES string of the molecule is CC(C)(C)c1nnc2c3cnc(N4CCOCC4)cc3n(Cc3ccc(Cl)cc3)c(=O)n12. The Labute approximate surface area is 190 Å². The number of nitrogens with zero attached hydrogens (tertiary/aromatic N) is 6. The molecule has 0 unspecified atom stereocenters. The van der Waals surface area contributed by atoms with Crippen LogP contribution in [0.2, 0.25) is 5.02 Å². The van der Waals surface area contributed by atoms with Crippen LogP contribution in [0.5, 0.6) is 0 Å². The number of pyridine rings is 1. The average Bonchev–Trinajstić information content (AvgIpc) is 3.24. The summed E-state index contributed by atoms with van der Waals surface area (Å²) in [4.78, 5) is 20.7. The molecular weight excluding hydrogens is 428 g/mol. The second-order valence-electron chi connectivity index (χ2n) is 9.09. The molecule has 4 aromatic rings. The lowest BCUT2D eigenvalue weighted by Crippen LogP contribution is -2.37. The number of rotatable bonds is 3. The molecule has 166 valence electrons. The molecule has 1 aliphatic rings. The molecule has 1 aliphatic heterocycles. The molecule has 0 saturated carbocycles. The van der Waals surface area contributed by atoms with E-state index in [1.165, 1.54) is 0 Å². The van der Waals surface area contributed by atoms with Gasteiger partial charge in [-0.2, -0.15) is 0 Å². The summed E-state index contributed by atoms with van der Waals surface area (Å²) >= 11 is 6.07. The van der Waals surface area contributed by atoms with Gasteiger partial charge in [-0.25, -0.2) is 14.2 Å². The zero-order chi connectivity index (χ0) is 22.5. The summed E-state index contributed by atoms with van der Waals surface area (Å²) in [7, 11) is 0. The monoisotopic (exact) mass is 452 g/mol. The van der Waals surface area contributed by atoms with Crippen LogP contribution >= 0.6 is 11.6 Å². The average molecular weight is 453 g/mol. The van der Waals surface area contributed by atoms with Crippen LogP contribution in [0.15, 0.2) is 41.3 Å². The van der Waals surface area contributed by atoms with Gasteiger partial charge in [0.25, 0.3) is 0 Å². The van der Waals surface area contributed by atoms with Gasteiger partial charge in [-0.05, 0) is 17.7 Å². The zero-order valence-electron chi connectivity index (χ0n) is 18.4. The maximum Gasteiger partial charge on any atom is 0.336 e. The normalized spacial score (nSPS) is 15.1. The van der Waals surface area contributed by atoms with E-state index in [0.29, 0.717) is 36.3 Å². The van der Waals surface area contributed by atoms with Crippen LogP contribution in [0, 0.1) is 0 Å². The Morgan fingerprint density at radius 1 is 1.09 bits per heavy atom. The fraction of sp³-hybridized carbons (Fsp3) is 0.391. The van der Waals surface area contributed by atoms with E-state index in [1.807, 2.05) is 51.1 Å². The van der Waals surface area contributed by atoms with Crippen LogP contribution < -0.4 is 10.6 Å². The number of anilines is 1. The Balaban J connectivity index is 1.77. The lowest BCUT2D eigenvalue weighted by molar-refractivity contribution is 0.122. The van der Waals surface area contributed by atoms with Crippen molar-refractivity contribution in [3.8, 4) is 0 Å². The summed E-state index contributed by atoms with van der Waals surface area (Å²) in [5, 5.41) is 10.2. The van der Waals surface area contributed by atoms with Crippen molar-refractivity contribution >= 4 is 34.0 Å². The van der Waals surface area contributed by atoms with Crippen LogP contribution in [-0.4, -0.2) is 50.5 Å². The number of halogens is 1. The largest absolute Gasteiger partial charge is 0.378 e. The van der Waals surface area contributed by atoms with Crippen LogP contribution in [-0.2, 0) is 16.7 Å². The van der Waals surface area contributed by atoms with Gasteiger partial charge in [0.2, 0.25) is 0 Å². The summed E-state index contributed by atoms with van der Waals surface area (Å²) in [6.07, 6.45) is 1.80. The molecule has 5 rings (SSSR count). The molecule has 3 aromatic heterocycles. The fourth-order valence-corrected chi connectivity index (χ4v) is 4.20. The molecule has 1 saturated heterocycles. The third-order valence-corrected chi connectivity index (χ3v) is 6.00. The van der Waals surface area contributed by atoms with Gasteiger partial charge in [-0.3, -0.25) is 4.57 Å². The number of ether oxygens (including phenoxy) is 1. The van der Waals surface area contributed by atoms with Crippen LogP contribution in [0.25, 0.3) is 16.6 Å². The molecule has 0 spiro atoms. The fourth-order valence-electron chi connectivity index (χ4n) is 4.07. The van der Waals surface area contributed by atoms with E-state index in [0.717, 1.165) is 35.4 Å². The minimum absolute atomic E-state index is 0.170. The lowest BCUT2D eigenvalue weighted by atomic mass is 9.96. The predicted octanol–water partition coefficient (Wildman–Crippen LogP) is 3.28. The van der Waals surface area contributed by atoms with Gasteiger partial charge in [0.15, 0.2) is 5.65 Å². The minimum atomic E-state index is -0.342. The summed E-state index contributed by atoms with van der Waals surface area (Å²) < 4.78 is 8.87. The minimum Gasteiger partial charge on any atom is -0.378 e. The van der Waals surface area contributed by atoms with Crippen molar-refractivity contribution in [2.75, 3.05) is 31.2 Å². The number of aromatic nitrogens is 5. The predicted molar refractivity (Wildman–Crippen MR) is 125 cm³/mol. The van der Waals surface area contributed by atoms with Gasteiger partial charge < -0.3 is 9.64 Å². The van der Waals surface area contributed by atoms with Crippen molar-refractivity contribution in [1.29, 1.82) is 0 Å². The lowest BCUT2D eigenvalue weighted by Gasteiger charge is -2.28. The zero-order valence-corrected chi connectivity index (χ0v) is 19.1. The molecule has 1 fully saturated rings. The van der Waals surface area contributed by atoms with E-state index in [4.69, 9.17) is 21.3 Å². The van der Waals surface area contributed by atoms with Crippen molar-refractivity contribution in [3.63, 3.8) is 0 Å². The van der Waals surface area contributed by atoms with E-state index >= 15 is 0 Å². The number of morpholine rings is 1. The van der Waals surface area contributed by atoms with Crippen molar-refractivity contribution < 1.29 is 4.74 Å². The Morgan fingerprint density at radius 2 is 1.81 bits per heavy atom. The van der Waals surface area contributed by atoms with E-state index in [1.54, 1.807) is 15.2 Å². The van der Waals surface area contributed by atoms with Crippen molar-refractivity contribution in [2.24, 2.45) is 0 Å². The number of hydrogen-bond acceptors (Lipinski definition) is 6. The third kappa shape index (κ3) is 3.63. The second-order valence-corrected chi connectivity index (χ2v) is 9.52. The van der Waals surface area contributed by atoms with E-state index in [9.17, 15) is 4.79 Å².